The number of hydrogen-bond donors (Lipinski definition) is 2. The smallest absolute Gasteiger partial charge is 0.342 e. The van der Waals surface area contributed by atoms with Gasteiger partial charge in [0, 0.05) is 0 Å². The Morgan fingerprint density at radius 1 is 1.20 bits per heavy atom. The highest BCUT2D eigenvalue weighted by molar-refractivity contribution is 6.12. The van der Waals surface area contributed by atoms with E-state index in [-0.39, 0.29) is 0 Å². The van der Waals surface area contributed by atoms with Crippen LogP contribution in [0.4, 0.5) is 0 Å². The van der Waals surface area contributed by atoms with Gasteiger partial charge < -0.3 is 10.2 Å². The van der Waals surface area contributed by atoms with E-state index in [2.05, 4.69) is 20.8 Å². The first kappa shape index (κ1) is 16.7. The molecule has 2 N–H and O–H groups in total. The Balaban J connectivity index is 2.63. The van der Waals surface area contributed by atoms with Gasteiger partial charge in [-0.05, 0) is 49.4 Å². The minimum Gasteiger partial charge on any atom is -0.477 e. The molecule has 1 aliphatic carbocycles. The standard InChI is InChI=1S/C16H26O4/c1-10(2)13-8-7-11(3)9-12(13)5-4-6-14(15(17)18)16(19)20/h6,10-13H,4-5,7-9H2,1-3H3,(H,17,18)(H,19,20). The molecule has 20 heavy (non-hydrogen) atoms. The number of aliphatic carboxylic acids is 2. The summed E-state index contributed by atoms with van der Waals surface area (Å²) in [6.45, 7) is 6.74. The second kappa shape index (κ2) is 7.46. The molecule has 1 fully saturated rings. The molecule has 0 heterocycles. The lowest BCUT2D eigenvalue weighted by Crippen LogP contribution is -2.27. The topological polar surface area (TPSA) is 74.6 Å². The van der Waals surface area contributed by atoms with Gasteiger partial charge >= 0.3 is 11.9 Å². The highest BCUT2D eigenvalue weighted by atomic mass is 16.4. The minimum atomic E-state index is -1.35. The molecule has 0 aromatic heterocycles. The summed E-state index contributed by atoms with van der Waals surface area (Å²) < 4.78 is 0. The quantitative estimate of drug-likeness (QED) is 0.443. The van der Waals surface area contributed by atoms with Gasteiger partial charge in [0.05, 0.1) is 0 Å². The van der Waals surface area contributed by atoms with Crippen LogP contribution in [0.5, 0.6) is 0 Å². The summed E-state index contributed by atoms with van der Waals surface area (Å²) in [4.78, 5) is 21.6. The maximum absolute atomic E-state index is 10.8. The van der Waals surface area contributed by atoms with Crippen LogP contribution in [-0.2, 0) is 9.59 Å². The molecule has 4 nitrogen and oxygen atoms in total. The fourth-order valence-corrected chi connectivity index (χ4v) is 3.44. The third-order valence-electron chi connectivity index (χ3n) is 4.51. The Labute approximate surface area is 120 Å². The fourth-order valence-electron chi connectivity index (χ4n) is 3.44. The van der Waals surface area contributed by atoms with Crippen molar-refractivity contribution in [3.8, 4) is 0 Å². The molecule has 0 aromatic carbocycles. The van der Waals surface area contributed by atoms with Crippen molar-refractivity contribution in [3.05, 3.63) is 11.6 Å². The number of hydrogen-bond acceptors (Lipinski definition) is 2. The van der Waals surface area contributed by atoms with Crippen molar-refractivity contribution in [2.75, 3.05) is 0 Å². The maximum atomic E-state index is 10.8. The van der Waals surface area contributed by atoms with Crippen molar-refractivity contribution in [2.24, 2.45) is 23.7 Å². The molecule has 114 valence electrons. The van der Waals surface area contributed by atoms with E-state index in [0.29, 0.717) is 24.2 Å². The van der Waals surface area contributed by atoms with Gasteiger partial charge in [0.15, 0.2) is 0 Å². The lowest BCUT2D eigenvalue weighted by molar-refractivity contribution is -0.140. The summed E-state index contributed by atoms with van der Waals surface area (Å²) in [5.41, 5.74) is -0.505. The van der Waals surface area contributed by atoms with Crippen LogP contribution in [0, 0.1) is 23.7 Å². The molecule has 3 unspecified atom stereocenters. The van der Waals surface area contributed by atoms with Crippen molar-refractivity contribution in [1.29, 1.82) is 0 Å². The van der Waals surface area contributed by atoms with Crippen LogP contribution in [-0.4, -0.2) is 22.2 Å². The molecule has 1 rings (SSSR count). The average molecular weight is 282 g/mol. The number of carboxylic acid groups (broad SMARTS) is 2. The molecule has 1 saturated carbocycles. The number of carboxylic acids is 2. The van der Waals surface area contributed by atoms with E-state index in [9.17, 15) is 9.59 Å². The first-order chi connectivity index (χ1) is 9.32. The zero-order valence-electron chi connectivity index (χ0n) is 12.6. The largest absolute Gasteiger partial charge is 0.477 e. The van der Waals surface area contributed by atoms with E-state index in [1.807, 2.05) is 0 Å². The van der Waals surface area contributed by atoms with E-state index in [0.717, 1.165) is 12.3 Å². The van der Waals surface area contributed by atoms with Gasteiger partial charge in [0.25, 0.3) is 0 Å². The molecule has 0 saturated heterocycles. The zero-order valence-corrected chi connectivity index (χ0v) is 12.6. The molecule has 1 aliphatic rings. The minimum absolute atomic E-state index is 0.505. The van der Waals surface area contributed by atoms with E-state index in [4.69, 9.17) is 10.2 Å². The van der Waals surface area contributed by atoms with Crippen molar-refractivity contribution in [3.63, 3.8) is 0 Å². The van der Waals surface area contributed by atoms with Crippen molar-refractivity contribution < 1.29 is 19.8 Å². The van der Waals surface area contributed by atoms with Gasteiger partial charge in [-0.1, -0.05) is 33.3 Å². The Morgan fingerprint density at radius 3 is 2.30 bits per heavy atom. The molecule has 0 amide bonds. The third-order valence-corrected chi connectivity index (χ3v) is 4.51. The number of carbonyl (C=O) groups is 2. The van der Waals surface area contributed by atoms with Gasteiger partial charge in [-0.15, -0.1) is 0 Å². The van der Waals surface area contributed by atoms with Crippen molar-refractivity contribution in [2.45, 2.75) is 52.9 Å². The molecular weight excluding hydrogens is 256 g/mol. The predicted molar refractivity (Wildman–Crippen MR) is 77.4 cm³/mol. The molecule has 0 aliphatic heterocycles. The Morgan fingerprint density at radius 2 is 1.80 bits per heavy atom. The number of allylic oxidation sites excluding steroid dienone is 1. The number of rotatable bonds is 6. The van der Waals surface area contributed by atoms with Crippen LogP contribution in [0.15, 0.2) is 11.6 Å². The summed E-state index contributed by atoms with van der Waals surface area (Å²) in [7, 11) is 0. The summed E-state index contributed by atoms with van der Waals surface area (Å²) in [5.74, 6) is -0.0892. The molecule has 0 spiro atoms. The van der Waals surface area contributed by atoms with Crippen LogP contribution >= 0.6 is 0 Å². The summed E-state index contributed by atoms with van der Waals surface area (Å²) in [5, 5.41) is 17.6. The normalized spacial score (nSPS) is 26.3. The molecule has 0 bridgehead atoms. The second-order valence-electron chi connectivity index (χ2n) is 6.39. The first-order valence-corrected chi connectivity index (χ1v) is 7.49. The molecule has 0 radical (unpaired) electrons. The molecule has 0 aromatic rings. The lowest BCUT2D eigenvalue weighted by atomic mass is 9.68. The van der Waals surface area contributed by atoms with Gasteiger partial charge in [-0.2, -0.15) is 0 Å². The van der Waals surface area contributed by atoms with Crippen LogP contribution in [0.1, 0.15) is 52.9 Å². The zero-order chi connectivity index (χ0) is 15.3. The monoisotopic (exact) mass is 282 g/mol. The van der Waals surface area contributed by atoms with Gasteiger partial charge in [0.1, 0.15) is 5.57 Å². The predicted octanol–water partition coefficient (Wildman–Crippen LogP) is 3.57. The SMILES string of the molecule is CC1CCC(C(C)C)C(CCC=C(C(=O)O)C(=O)O)C1. The van der Waals surface area contributed by atoms with Crippen LogP contribution < -0.4 is 0 Å². The van der Waals surface area contributed by atoms with E-state index in [1.54, 1.807) is 0 Å². The van der Waals surface area contributed by atoms with Crippen molar-refractivity contribution in [1.82, 2.24) is 0 Å². The third kappa shape index (κ3) is 4.66. The summed E-state index contributed by atoms with van der Waals surface area (Å²) in [6.07, 6.45) is 6.46. The molecule has 3 atom stereocenters. The van der Waals surface area contributed by atoms with Crippen LogP contribution in [0.25, 0.3) is 0 Å². The van der Waals surface area contributed by atoms with Crippen molar-refractivity contribution >= 4 is 11.9 Å². The first-order valence-electron chi connectivity index (χ1n) is 7.49. The summed E-state index contributed by atoms with van der Waals surface area (Å²) in [6, 6.07) is 0. The molecular formula is C16H26O4. The Hall–Kier alpha value is -1.32. The van der Waals surface area contributed by atoms with E-state index in [1.165, 1.54) is 25.3 Å². The van der Waals surface area contributed by atoms with Gasteiger partial charge in [-0.3, -0.25) is 0 Å². The van der Waals surface area contributed by atoms with Crippen LogP contribution in [0.2, 0.25) is 0 Å². The summed E-state index contributed by atoms with van der Waals surface area (Å²) >= 11 is 0. The fraction of sp³-hybridized carbons (Fsp3) is 0.750. The highest BCUT2D eigenvalue weighted by Gasteiger charge is 2.30. The van der Waals surface area contributed by atoms with Gasteiger partial charge in [0.2, 0.25) is 0 Å². The van der Waals surface area contributed by atoms with Gasteiger partial charge in [-0.25, -0.2) is 9.59 Å². The Kier molecular flexibility index (Phi) is 6.24. The maximum Gasteiger partial charge on any atom is 0.342 e. The van der Waals surface area contributed by atoms with E-state index >= 15 is 0 Å². The highest BCUT2D eigenvalue weighted by Crippen LogP contribution is 2.40. The average Bonchev–Trinajstić information content (AvgIpc) is 2.33. The Bertz CT molecular complexity index is 368. The molecule has 4 heteroatoms. The van der Waals surface area contributed by atoms with E-state index < -0.39 is 17.5 Å². The lowest BCUT2D eigenvalue weighted by Gasteiger charge is -2.37. The van der Waals surface area contributed by atoms with Crippen LogP contribution in [0.3, 0.4) is 0 Å². The second-order valence-corrected chi connectivity index (χ2v) is 6.39.